The van der Waals surface area contributed by atoms with Gasteiger partial charge in [0.05, 0.1) is 33.5 Å². The van der Waals surface area contributed by atoms with Gasteiger partial charge in [-0.3, -0.25) is 9.89 Å². The fourth-order valence-electron chi connectivity index (χ4n) is 4.53. The predicted octanol–water partition coefficient (Wildman–Crippen LogP) is 6.06. The molecule has 9 nitrogen and oxygen atoms in total. The number of carbonyl (C=O) groups excluding carboxylic acids is 1. The molecule has 2 aromatic carbocycles. The first kappa shape index (κ1) is 31.9. The second-order valence-corrected chi connectivity index (χ2v) is 12.6. The molecule has 224 valence electrons. The maximum Gasteiger partial charge on any atom is 0.416 e. The van der Waals surface area contributed by atoms with E-state index in [0.717, 1.165) is 22.6 Å². The highest BCUT2D eigenvalue weighted by molar-refractivity contribution is 14.1. The normalized spacial score (nSPS) is 23.9. The first-order valence-electron chi connectivity index (χ1n) is 13.6. The highest BCUT2D eigenvalue weighted by atomic mass is 127. The molecule has 0 unspecified atom stereocenters. The number of amidine groups is 1. The third kappa shape index (κ3) is 8.28. The average molecular weight is 699 g/mol. The van der Waals surface area contributed by atoms with Gasteiger partial charge in [-0.05, 0) is 63.1 Å². The van der Waals surface area contributed by atoms with Crippen LogP contribution in [0, 0.1) is 0 Å². The highest BCUT2D eigenvalue weighted by Gasteiger charge is 2.51. The lowest BCUT2D eigenvalue weighted by Crippen LogP contribution is -2.57. The van der Waals surface area contributed by atoms with E-state index >= 15 is 0 Å². The number of hydrogen-bond acceptors (Lipinski definition) is 9. The second kappa shape index (κ2) is 14.4. The summed E-state index contributed by atoms with van der Waals surface area (Å²) in [5.41, 5.74) is 1.09. The lowest BCUT2D eigenvalue weighted by atomic mass is 9.98. The van der Waals surface area contributed by atoms with Gasteiger partial charge in [-0.15, -0.1) is 0 Å². The van der Waals surface area contributed by atoms with Crippen LogP contribution in [0.5, 0.6) is 11.5 Å². The Balaban J connectivity index is 1.59. The van der Waals surface area contributed by atoms with Gasteiger partial charge in [-0.25, -0.2) is 4.79 Å². The molecule has 0 saturated carbocycles. The van der Waals surface area contributed by atoms with Gasteiger partial charge in [-0.2, -0.15) is 0 Å². The minimum absolute atomic E-state index is 0.227. The number of aliphatic imine (C=N–C) groups is 1. The number of nitrogens with zero attached hydrogens (tertiary/aromatic N) is 2. The number of halogens is 1. The summed E-state index contributed by atoms with van der Waals surface area (Å²) in [6.07, 6.45) is -1.45. The summed E-state index contributed by atoms with van der Waals surface area (Å²) in [4.78, 5) is 19.6. The van der Waals surface area contributed by atoms with Crippen LogP contribution in [0.2, 0.25) is 0 Å². The fraction of sp³-hybridized carbons (Fsp3) is 0.533. The van der Waals surface area contributed by atoms with Crippen LogP contribution in [0.4, 0.5) is 4.79 Å². The number of fused-ring (bicyclic) bond motifs is 1. The van der Waals surface area contributed by atoms with E-state index in [1.165, 1.54) is 11.8 Å². The van der Waals surface area contributed by atoms with E-state index in [1.54, 1.807) is 19.1 Å². The maximum atomic E-state index is 13.0. The summed E-state index contributed by atoms with van der Waals surface area (Å²) in [5.74, 6) is 1.58. The summed E-state index contributed by atoms with van der Waals surface area (Å²) < 4.78 is 36.6. The molecule has 41 heavy (non-hydrogen) atoms. The molecule has 0 bridgehead atoms. The lowest BCUT2D eigenvalue weighted by molar-refractivity contribution is -0.190. The average Bonchev–Trinajstić information content (AvgIpc) is 3.37. The van der Waals surface area contributed by atoms with Crippen molar-refractivity contribution in [3.05, 3.63) is 59.7 Å². The molecular weight excluding hydrogens is 659 g/mol. The number of amides is 1. The van der Waals surface area contributed by atoms with E-state index in [-0.39, 0.29) is 23.7 Å². The number of alkyl halides is 1. The number of thioether (sulfide) groups is 1. The van der Waals surface area contributed by atoms with E-state index in [1.807, 2.05) is 76.2 Å². The molecule has 0 N–H and O–H groups in total. The number of rotatable bonds is 10. The van der Waals surface area contributed by atoms with E-state index in [2.05, 4.69) is 22.6 Å². The van der Waals surface area contributed by atoms with Crippen LogP contribution in [0.25, 0.3) is 0 Å². The zero-order valence-corrected chi connectivity index (χ0v) is 27.3. The maximum absolute atomic E-state index is 13.0. The number of carbonyl (C=O) groups is 1. The van der Waals surface area contributed by atoms with Crippen molar-refractivity contribution in [3.63, 3.8) is 0 Å². The molecule has 2 aliphatic heterocycles. The third-order valence-electron chi connectivity index (χ3n) is 6.61. The zero-order valence-electron chi connectivity index (χ0n) is 24.4. The number of benzene rings is 2. The van der Waals surface area contributed by atoms with E-state index < -0.39 is 17.8 Å². The molecule has 0 radical (unpaired) electrons. The Labute approximate surface area is 260 Å². The van der Waals surface area contributed by atoms with Crippen LogP contribution in [0.1, 0.15) is 38.8 Å². The van der Waals surface area contributed by atoms with Crippen molar-refractivity contribution in [2.75, 3.05) is 25.2 Å². The molecule has 4 rings (SSSR count). The van der Waals surface area contributed by atoms with E-state index in [0.29, 0.717) is 29.4 Å². The SMILES string of the molecule is CCN(C(=O)OC(C)(C)C)C1=N[C@@H]2[C@@H](OCc3ccc(OC)cc3)[C@H](OCc3ccc(OC)cc3)[C@@H](CI)O[C@@H]2S1. The molecule has 1 saturated heterocycles. The summed E-state index contributed by atoms with van der Waals surface area (Å²) in [7, 11) is 3.29. The van der Waals surface area contributed by atoms with Crippen molar-refractivity contribution in [3.8, 4) is 11.5 Å². The Morgan fingerprint density at radius 3 is 1.95 bits per heavy atom. The van der Waals surface area contributed by atoms with Crippen molar-refractivity contribution in [2.45, 2.75) is 76.3 Å². The first-order chi connectivity index (χ1) is 19.6. The lowest BCUT2D eigenvalue weighted by Gasteiger charge is -2.42. The van der Waals surface area contributed by atoms with Crippen LogP contribution in [0.3, 0.4) is 0 Å². The van der Waals surface area contributed by atoms with Crippen LogP contribution in [0.15, 0.2) is 53.5 Å². The predicted molar refractivity (Wildman–Crippen MR) is 168 cm³/mol. The quantitative estimate of drug-likeness (QED) is 0.219. The molecule has 1 amide bonds. The van der Waals surface area contributed by atoms with Gasteiger partial charge >= 0.3 is 6.09 Å². The van der Waals surface area contributed by atoms with Gasteiger partial charge in [-0.1, -0.05) is 58.6 Å². The molecule has 2 aromatic rings. The molecule has 11 heteroatoms. The molecule has 2 aliphatic rings. The van der Waals surface area contributed by atoms with Crippen LogP contribution < -0.4 is 9.47 Å². The number of ether oxygens (including phenoxy) is 6. The van der Waals surface area contributed by atoms with Crippen molar-refractivity contribution >= 4 is 45.6 Å². The zero-order chi connectivity index (χ0) is 29.6. The van der Waals surface area contributed by atoms with Crippen molar-refractivity contribution in [2.24, 2.45) is 4.99 Å². The Bertz CT molecular complexity index is 1170. The monoisotopic (exact) mass is 698 g/mol. The largest absolute Gasteiger partial charge is 0.497 e. The minimum atomic E-state index is -0.617. The third-order valence-corrected chi connectivity index (χ3v) is 8.64. The van der Waals surface area contributed by atoms with Crippen LogP contribution in [-0.4, -0.2) is 76.7 Å². The summed E-state index contributed by atoms with van der Waals surface area (Å²) >= 11 is 3.76. The molecular formula is C30H39IN2O7S. The molecule has 5 atom stereocenters. The van der Waals surface area contributed by atoms with E-state index in [4.69, 9.17) is 33.4 Å². The molecule has 1 fully saturated rings. The van der Waals surface area contributed by atoms with Crippen LogP contribution in [-0.2, 0) is 32.2 Å². The van der Waals surface area contributed by atoms with Crippen LogP contribution >= 0.6 is 34.4 Å². The van der Waals surface area contributed by atoms with Gasteiger partial charge in [0.15, 0.2) is 5.17 Å². The van der Waals surface area contributed by atoms with Gasteiger partial charge in [0.25, 0.3) is 0 Å². The van der Waals surface area contributed by atoms with Crippen molar-refractivity contribution in [1.29, 1.82) is 0 Å². The standard InChI is InChI=1S/C30H39IN2O7S/c1-7-33(29(34)40-30(2,3)4)28-32-24-26(38-18-20-10-14-22(36-6)15-11-20)25(23(16-31)39-27(24)41-28)37-17-19-8-12-21(35-5)13-9-19/h8-15,23-27H,7,16-18H2,1-6H3/t23-,24-,25-,26-,27-/m1/s1. The Morgan fingerprint density at radius 2 is 1.49 bits per heavy atom. The summed E-state index contributed by atoms with van der Waals surface area (Å²) in [5, 5.41) is 0.567. The Hall–Kier alpha value is -2.06. The van der Waals surface area contributed by atoms with Crippen molar-refractivity contribution < 1.29 is 33.2 Å². The summed E-state index contributed by atoms with van der Waals surface area (Å²) in [6.45, 7) is 8.63. The number of hydrogen-bond donors (Lipinski definition) is 0. The highest BCUT2D eigenvalue weighted by Crippen LogP contribution is 2.41. The van der Waals surface area contributed by atoms with Gasteiger partial charge in [0.1, 0.15) is 40.8 Å². The van der Waals surface area contributed by atoms with Gasteiger partial charge in [0, 0.05) is 11.0 Å². The first-order valence-corrected chi connectivity index (χ1v) is 16.0. The molecule has 0 aromatic heterocycles. The molecule has 0 spiro atoms. The number of methoxy groups -OCH3 is 2. The van der Waals surface area contributed by atoms with Crippen molar-refractivity contribution in [1.82, 2.24) is 4.90 Å². The topological polar surface area (TPSA) is 88.1 Å². The molecule has 0 aliphatic carbocycles. The smallest absolute Gasteiger partial charge is 0.416 e. The summed E-state index contributed by atoms with van der Waals surface area (Å²) in [6, 6.07) is 15.2. The Kier molecular flexibility index (Phi) is 11.2. The van der Waals surface area contributed by atoms with Gasteiger partial charge < -0.3 is 28.4 Å². The van der Waals surface area contributed by atoms with E-state index in [9.17, 15) is 4.79 Å². The minimum Gasteiger partial charge on any atom is -0.497 e. The molecule has 2 heterocycles. The van der Waals surface area contributed by atoms with Gasteiger partial charge in [0.2, 0.25) is 0 Å². The second-order valence-electron chi connectivity index (χ2n) is 10.7. The fourth-order valence-corrected chi connectivity index (χ4v) is 6.51. The Morgan fingerprint density at radius 1 is 0.951 bits per heavy atom.